The van der Waals surface area contributed by atoms with Crippen LogP contribution in [0.1, 0.15) is 64.7 Å². The first-order valence-corrected chi connectivity index (χ1v) is 7.36. The smallest absolute Gasteiger partial charge is 0.0671 e. The van der Waals surface area contributed by atoms with E-state index in [1.165, 1.54) is 51.4 Å². The van der Waals surface area contributed by atoms with Gasteiger partial charge >= 0.3 is 0 Å². The Balaban J connectivity index is 1.90. The van der Waals surface area contributed by atoms with Gasteiger partial charge in [0.2, 0.25) is 0 Å². The minimum absolute atomic E-state index is 0.166. The Kier molecular flexibility index (Phi) is 8.08. The van der Waals surface area contributed by atoms with Gasteiger partial charge in [0.1, 0.15) is 0 Å². The van der Waals surface area contributed by atoms with E-state index in [2.05, 4.69) is 31.2 Å². The summed E-state index contributed by atoms with van der Waals surface area (Å²) in [4.78, 5) is 0. The van der Waals surface area contributed by atoms with Crippen molar-refractivity contribution in [1.82, 2.24) is 0 Å². The van der Waals surface area contributed by atoms with Crippen molar-refractivity contribution >= 4 is 0 Å². The number of unbranched alkanes of at least 4 members (excludes halogenated alkanes) is 7. The second-order valence-electron chi connectivity index (χ2n) is 5.15. The van der Waals surface area contributed by atoms with E-state index in [4.69, 9.17) is 0 Å². The molecule has 0 bridgehead atoms. The lowest BCUT2D eigenvalue weighted by Gasteiger charge is -2.07. The Hall–Kier alpha value is -0.560. The van der Waals surface area contributed by atoms with E-state index < -0.39 is 0 Å². The minimum atomic E-state index is -0.166. The predicted octanol–water partition coefficient (Wildman–Crippen LogP) is 4.62. The van der Waals surface area contributed by atoms with E-state index >= 15 is 0 Å². The van der Waals surface area contributed by atoms with Gasteiger partial charge in [-0.15, -0.1) is 0 Å². The molecule has 0 aromatic heterocycles. The molecule has 1 N–H and O–H groups in total. The summed E-state index contributed by atoms with van der Waals surface area (Å²) in [7, 11) is 0. The van der Waals surface area contributed by atoms with E-state index in [1.807, 2.05) is 0 Å². The quantitative estimate of drug-likeness (QED) is 0.457. The monoisotopic (exact) mass is 236 g/mol. The number of rotatable bonds is 9. The number of hydrogen-bond donors (Lipinski definition) is 1. The van der Waals surface area contributed by atoms with Crippen LogP contribution in [0.25, 0.3) is 0 Å². The fourth-order valence-electron chi connectivity index (χ4n) is 2.33. The van der Waals surface area contributed by atoms with Crippen LogP contribution in [0.15, 0.2) is 24.3 Å². The van der Waals surface area contributed by atoms with E-state index in [1.54, 1.807) is 0 Å². The molecule has 0 aromatic carbocycles. The molecule has 0 saturated heterocycles. The second-order valence-corrected chi connectivity index (χ2v) is 5.15. The summed E-state index contributed by atoms with van der Waals surface area (Å²) in [6.07, 6.45) is 20.0. The summed E-state index contributed by atoms with van der Waals surface area (Å²) in [6, 6.07) is 0. The third kappa shape index (κ3) is 6.68. The lowest BCUT2D eigenvalue weighted by molar-refractivity contribution is 0.161. The van der Waals surface area contributed by atoms with Crippen LogP contribution >= 0.6 is 0 Å². The molecule has 1 aliphatic carbocycles. The first-order valence-electron chi connectivity index (χ1n) is 7.36. The molecule has 98 valence electrons. The van der Waals surface area contributed by atoms with Gasteiger partial charge in [0.15, 0.2) is 0 Å². The summed E-state index contributed by atoms with van der Waals surface area (Å²) >= 11 is 0. The minimum Gasteiger partial charge on any atom is -0.392 e. The Morgan fingerprint density at radius 2 is 1.82 bits per heavy atom. The third-order valence-corrected chi connectivity index (χ3v) is 3.51. The van der Waals surface area contributed by atoms with Gasteiger partial charge in [0, 0.05) is 5.92 Å². The first-order chi connectivity index (χ1) is 8.34. The van der Waals surface area contributed by atoms with E-state index in [0.717, 1.165) is 6.42 Å². The topological polar surface area (TPSA) is 20.2 Å². The molecule has 17 heavy (non-hydrogen) atoms. The average Bonchev–Trinajstić information content (AvgIpc) is 2.73. The third-order valence-electron chi connectivity index (χ3n) is 3.51. The summed E-state index contributed by atoms with van der Waals surface area (Å²) in [5.41, 5.74) is 0. The van der Waals surface area contributed by atoms with Crippen molar-refractivity contribution in [2.45, 2.75) is 70.8 Å². The molecule has 0 radical (unpaired) electrons. The molecule has 0 unspecified atom stereocenters. The van der Waals surface area contributed by atoms with Crippen LogP contribution in [-0.4, -0.2) is 11.2 Å². The predicted molar refractivity (Wildman–Crippen MR) is 75.0 cm³/mol. The molecule has 0 saturated carbocycles. The van der Waals surface area contributed by atoms with Gasteiger partial charge in [-0.2, -0.15) is 0 Å². The van der Waals surface area contributed by atoms with Crippen molar-refractivity contribution in [3.63, 3.8) is 0 Å². The second kappa shape index (κ2) is 9.47. The molecule has 0 spiro atoms. The number of allylic oxidation sites excluding steroid dienone is 1. The van der Waals surface area contributed by atoms with Crippen LogP contribution in [0.3, 0.4) is 0 Å². The molecule has 0 fully saturated rings. The Labute approximate surface area is 107 Å². The molecule has 0 aliphatic heterocycles. The molecule has 2 atom stereocenters. The Morgan fingerprint density at radius 3 is 2.47 bits per heavy atom. The maximum absolute atomic E-state index is 9.60. The Morgan fingerprint density at radius 1 is 1.12 bits per heavy atom. The van der Waals surface area contributed by atoms with Gasteiger partial charge < -0.3 is 5.11 Å². The van der Waals surface area contributed by atoms with Crippen molar-refractivity contribution in [3.8, 4) is 0 Å². The fraction of sp³-hybridized carbons (Fsp3) is 0.750. The zero-order valence-electron chi connectivity index (χ0n) is 11.3. The van der Waals surface area contributed by atoms with Crippen molar-refractivity contribution in [1.29, 1.82) is 0 Å². The van der Waals surface area contributed by atoms with Gasteiger partial charge in [-0.3, -0.25) is 0 Å². The molecule has 0 aromatic rings. The van der Waals surface area contributed by atoms with E-state index in [-0.39, 0.29) is 12.0 Å². The highest BCUT2D eigenvalue weighted by molar-refractivity contribution is 5.10. The molecule has 1 nitrogen and oxygen atoms in total. The summed E-state index contributed by atoms with van der Waals surface area (Å²) in [5, 5.41) is 9.60. The van der Waals surface area contributed by atoms with Crippen LogP contribution in [-0.2, 0) is 0 Å². The largest absolute Gasteiger partial charge is 0.392 e. The van der Waals surface area contributed by atoms with Crippen LogP contribution in [0.2, 0.25) is 0 Å². The van der Waals surface area contributed by atoms with E-state index in [9.17, 15) is 5.11 Å². The van der Waals surface area contributed by atoms with Crippen molar-refractivity contribution in [3.05, 3.63) is 24.3 Å². The molecular weight excluding hydrogens is 208 g/mol. The number of aliphatic hydroxyl groups is 1. The lowest BCUT2D eigenvalue weighted by Crippen LogP contribution is -2.10. The maximum atomic E-state index is 9.60. The van der Waals surface area contributed by atoms with Crippen molar-refractivity contribution < 1.29 is 5.11 Å². The highest BCUT2D eigenvalue weighted by Gasteiger charge is 2.16. The van der Waals surface area contributed by atoms with Gasteiger partial charge in [-0.1, -0.05) is 69.8 Å². The highest BCUT2D eigenvalue weighted by Crippen LogP contribution is 2.19. The molecule has 0 amide bonds. The molecule has 1 heteroatoms. The zero-order chi connectivity index (χ0) is 12.3. The molecule has 1 rings (SSSR count). The number of aliphatic hydroxyl groups excluding tert-OH is 1. The fourth-order valence-corrected chi connectivity index (χ4v) is 2.33. The first kappa shape index (κ1) is 14.5. The van der Waals surface area contributed by atoms with Gasteiger partial charge in [0.05, 0.1) is 6.10 Å². The standard InChI is InChI=1S/C16H28O/c1-2-3-4-5-6-7-8-9-10-12-15-13-11-14-16(15)17/h10-13,15-17H,2-9,14H2,1H3/b12-10+/t15-,16-/m1/s1. The maximum Gasteiger partial charge on any atom is 0.0671 e. The average molecular weight is 236 g/mol. The Bertz CT molecular complexity index is 230. The molecular formula is C16H28O. The lowest BCUT2D eigenvalue weighted by atomic mass is 10.0. The van der Waals surface area contributed by atoms with Crippen LogP contribution in [0.5, 0.6) is 0 Å². The van der Waals surface area contributed by atoms with E-state index in [0.29, 0.717) is 0 Å². The zero-order valence-corrected chi connectivity index (χ0v) is 11.3. The van der Waals surface area contributed by atoms with Gasteiger partial charge in [-0.25, -0.2) is 0 Å². The van der Waals surface area contributed by atoms with Crippen LogP contribution in [0, 0.1) is 5.92 Å². The summed E-state index contributed by atoms with van der Waals surface area (Å²) in [6.45, 7) is 2.26. The van der Waals surface area contributed by atoms with Gasteiger partial charge in [0.25, 0.3) is 0 Å². The highest BCUT2D eigenvalue weighted by atomic mass is 16.3. The summed E-state index contributed by atoms with van der Waals surface area (Å²) in [5.74, 6) is 0.277. The molecule has 1 aliphatic rings. The van der Waals surface area contributed by atoms with Crippen molar-refractivity contribution in [2.24, 2.45) is 5.92 Å². The number of hydrogen-bond acceptors (Lipinski definition) is 1. The summed E-state index contributed by atoms with van der Waals surface area (Å²) < 4.78 is 0. The van der Waals surface area contributed by atoms with Crippen molar-refractivity contribution in [2.75, 3.05) is 0 Å². The van der Waals surface area contributed by atoms with Crippen LogP contribution in [0.4, 0.5) is 0 Å². The normalized spacial score (nSPS) is 23.9. The molecule has 0 heterocycles. The van der Waals surface area contributed by atoms with Gasteiger partial charge in [-0.05, 0) is 19.3 Å². The SMILES string of the molecule is CCCCCCCCC/C=C/[C@@H]1C=CC[C@H]1O. The van der Waals surface area contributed by atoms with Crippen LogP contribution < -0.4 is 0 Å².